The van der Waals surface area contributed by atoms with Gasteiger partial charge in [0.2, 0.25) is 0 Å². The molecule has 0 spiro atoms. The van der Waals surface area contributed by atoms with E-state index in [1.807, 2.05) is 32.0 Å². The number of rotatable bonds is 7. The molecule has 0 saturated carbocycles. The van der Waals surface area contributed by atoms with Gasteiger partial charge in [-0.05, 0) is 61.4 Å². The third-order valence-electron chi connectivity index (χ3n) is 4.50. The number of hydrogen-bond donors (Lipinski definition) is 3. The number of pyridine rings is 1. The van der Waals surface area contributed by atoms with E-state index < -0.39 is 11.8 Å². The number of amides is 2. The first-order valence-corrected chi connectivity index (χ1v) is 9.22. The standard InChI is InChI=1S/C22H23FN4O2/c1-14(16-5-8-18(9-6-16)27-22(24)28)26-15(2)17-7-10-21(20(23)12-17)29-19-4-3-11-25-13-19/h3-15,26H,1-2H3,(H3,24,27,28). The van der Waals surface area contributed by atoms with E-state index in [-0.39, 0.29) is 17.8 Å². The Balaban J connectivity index is 1.64. The molecule has 0 saturated heterocycles. The monoisotopic (exact) mass is 394 g/mol. The largest absolute Gasteiger partial charge is 0.453 e. The van der Waals surface area contributed by atoms with E-state index in [1.54, 1.807) is 36.5 Å². The predicted octanol–water partition coefficient (Wildman–Crippen LogP) is 4.92. The maximum Gasteiger partial charge on any atom is 0.316 e. The molecule has 4 N–H and O–H groups in total. The number of nitrogens with one attached hydrogen (secondary N) is 2. The van der Waals surface area contributed by atoms with Crippen LogP contribution in [-0.4, -0.2) is 11.0 Å². The minimum absolute atomic E-state index is 0.0157. The van der Waals surface area contributed by atoms with Crippen LogP contribution in [0.3, 0.4) is 0 Å². The van der Waals surface area contributed by atoms with Crippen LogP contribution < -0.4 is 21.1 Å². The van der Waals surface area contributed by atoms with Gasteiger partial charge < -0.3 is 21.1 Å². The number of hydrogen-bond acceptors (Lipinski definition) is 4. The van der Waals surface area contributed by atoms with Crippen LogP contribution in [0.5, 0.6) is 11.5 Å². The Morgan fingerprint density at radius 2 is 1.76 bits per heavy atom. The van der Waals surface area contributed by atoms with Crippen LogP contribution in [0.2, 0.25) is 0 Å². The second-order valence-electron chi connectivity index (χ2n) is 6.70. The van der Waals surface area contributed by atoms with Crippen molar-refractivity contribution in [2.24, 2.45) is 5.73 Å². The van der Waals surface area contributed by atoms with Crippen LogP contribution in [-0.2, 0) is 0 Å². The molecule has 29 heavy (non-hydrogen) atoms. The number of anilines is 1. The lowest BCUT2D eigenvalue weighted by molar-refractivity contribution is 0.259. The van der Waals surface area contributed by atoms with E-state index >= 15 is 0 Å². The summed E-state index contributed by atoms with van der Waals surface area (Å²) in [5.41, 5.74) is 7.58. The van der Waals surface area contributed by atoms with Crippen LogP contribution >= 0.6 is 0 Å². The molecule has 1 heterocycles. The highest BCUT2D eigenvalue weighted by Crippen LogP contribution is 2.27. The van der Waals surface area contributed by atoms with Crippen molar-refractivity contribution in [3.63, 3.8) is 0 Å². The predicted molar refractivity (Wildman–Crippen MR) is 110 cm³/mol. The third-order valence-corrected chi connectivity index (χ3v) is 4.50. The van der Waals surface area contributed by atoms with E-state index in [9.17, 15) is 9.18 Å². The van der Waals surface area contributed by atoms with Gasteiger partial charge in [-0.1, -0.05) is 18.2 Å². The van der Waals surface area contributed by atoms with Crippen LogP contribution in [0.1, 0.15) is 37.1 Å². The first-order valence-electron chi connectivity index (χ1n) is 9.22. The number of urea groups is 1. The minimum Gasteiger partial charge on any atom is -0.453 e. The summed E-state index contributed by atoms with van der Waals surface area (Å²) in [5, 5.41) is 5.97. The van der Waals surface area contributed by atoms with Gasteiger partial charge in [0.25, 0.3) is 0 Å². The van der Waals surface area contributed by atoms with Gasteiger partial charge in [-0.15, -0.1) is 0 Å². The Kier molecular flexibility index (Phi) is 6.41. The number of carbonyl (C=O) groups excluding carboxylic acids is 1. The second-order valence-corrected chi connectivity index (χ2v) is 6.70. The molecule has 0 aliphatic carbocycles. The van der Waals surface area contributed by atoms with Crippen LogP contribution in [0.4, 0.5) is 14.9 Å². The number of aromatic nitrogens is 1. The summed E-state index contributed by atoms with van der Waals surface area (Å²) in [6.07, 6.45) is 3.16. The molecule has 6 nitrogen and oxygen atoms in total. The van der Waals surface area contributed by atoms with Gasteiger partial charge >= 0.3 is 6.03 Å². The molecule has 150 valence electrons. The number of halogens is 1. The summed E-state index contributed by atoms with van der Waals surface area (Å²) in [6, 6.07) is 15.1. The molecular weight excluding hydrogens is 371 g/mol. The minimum atomic E-state index is -0.601. The maximum atomic E-state index is 14.5. The first-order chi connectivity index (χ1) is 13.9. The molecule has 0 bridgehead atoms. The van der Waals surface area contributed by atoms with Gasteiger partial charge in [-0.2, -0.15) is 0 Å². The molecule has 0 radical (unpaired) electrons. The van der Waals surface area contributed by atoms with Crippen molar-refractivity contribution >= 4 is 11.7 Å². The molecule has 3 aromatic rings. The highest BCUT2D eigenvalue weighted by molar-refractivity contribution is 5.87. The Labute approximate surface area is 168 Å². The van der Waals surface area contributed by atoms with Crippen molar-refractivity contribution in [3.8, 4) is 11.5 Å². The summed E-state index contributed by atoms with van der Waals surface area (Å²) in [4.78, 5) is 14.9. The van der Waals surface area contributed by atoms with Crippen molar-refractivity contribution in [1.29, 1.82) is 0 Å². The van der Waals surface area contributed by atoms with Crippen molar-refractivity contribution in [3.05, 3.63) is 83.9 Å². The van der Waals surface area contributed by atoms with E-state index in [0.29, 0.717) is 11.4 Å². The lowest BCUT2D eigenvalue weighted by atomic mass is 10.0. The van der Waals surface area contributed by atoms with Crippen molar-refractivity contribution in [2.45, 2.75) is 25.9 Å². The first kappa shape index (κ1) is 20.3. The Hall–Kier alpha value is -3.45. The number of nitrogens with two attached hydrogens (primary N) is 1. The number of carbonyl (C=O) groups is 1. The Bertz CT molecular complexity index is 964. The van der Waals surface area contributed by atoms with Gasteiger partial charge in [-0.3, -0.25) is 4.98 Å². The van der Waals surface area contributed by atoms with Crippen molar-refractivity contribution < 1.29 is 13.9 Å². The fourth-order valence-corrected chi connectivity index (χ4v) is 2.97. The van der Waals surface area contributed by atoms with Gasteiger partial charge in [0, 0.05) is 24.0 Å². The quantitative estimate of drug-likeness (QED) is 0.531. The Morgan fingerprint density at radius 1 is 1.07 bits per heavy atom. The fourth-order valence-electron chi connectivity index (χ4n) is 2.97. The van der Waals surface area contributed by atoms with Gasteiger partial charge in [0.05, 0.1) is 6.20 Å². The molecule has 2 unspecified atom stereocenters. The van der Waals surface area contributed by atoms with E-state index in [2.05, 4.69) is 15.6 Å². The van der Waals surface area contributed by atoms with Crippen molar-refractivity contribution in [2.75, 3.05) is 5.32 Å². The smallest absolute Gasteiger partial charge is 0.316 e. The summed E-state index contributed by atoms with van der Waals surface area (Å²) >= 11 is 0. The third kappa shape index (κ3) is 5.52. The number of nitrogens with zero attached hydrogens (tertiary/aromatic N) is 1. The normalized spacial score (nSPS) is 12.8. The summed E-state index contributed by atoms with van der Waals surface area (Å²) in [7, 11) is 0. The topological polar surface area (TPSA) is 89.3 Å². The molecule has 2 aromatic carbocycles. The van der Waals surface area contributed by atoms with Gasteiger partial charge in [0.15, 0.2) is 11.6 Å². The fraction of sp³-hybridized carbons (Fsp3) is 0.182. The molecule has 7 heteroatoms. The molecule has 3 rings (SSSR count). The van der Waals surface area contributed by atoms with E-state index in [0.717, 1.165) is 11.1 Å². The zero-order valence-corrected chi connectivity index (χ0v) is 16.2. The Morgan fingerprint density at radius 3 is 2.38 bits per heavy atom. The van der Waals surface area contributed by atoms with E-state index in [1.165, 1.54) is 12.3 Å². The highest BCUT2D eigenvalue weighted by Gasteiger charge is 2.14. The average Bonchev–Trinajstić information content (AvgIpc) is 2.70. The second kappa shape index (κ2) is 9.16. The lowest BCUT2D eigenvalue weighted by Gasteiger charge is -2.21. The number of ether oxygens (including phenoxy) is 1. The molecule has 2 atom stereocenters. The average molecular weight is 394 g/mol. The van der Waals surface area contributed by atoms with E-state index in [4.69, 9.17) is 10.5 Å². The molecular formula is C22H23FN4O2. The summed E-state index contributed by atoms with van der Waals surface area (Å²) in [5.74, 6) is 0.197. The SMILES string of the molecule is CC(NC(C)c1ccc(Oc2cccnc2)c(F)c1)c1ccc(NC(N)=O)cc1. The summed E-state index contributed by atoms with van der Waals surface area (Å²) in [6.45, 7) is 3.99. The molecule has 0 aliphatic rings. The summed E-state index contributed by atoms with van der Waals surface area (Å²) < 4.78 is 20.0. The molecule has 2 amide bonds. The zero-order chi connectivity index (χ0) is 20.8. The van der Waals surface area contributed by atoms with Crippen LogP contribution in [0.15, 0.2) is 67.0 Å². The van der Waals surface area contributed by atoms with Crippen molar-refractivity contribution in [1.82, 2.24) is 10.3 Å². The van der Waals surface area contributed by atoms with Crippen LogP contribution in [0.25, 0.3) is 0 Å². The molecule has 1 aromatic heterocycles. The molecule has 0 aliphatic heterocycles. The van der Waals surface area contributed by atoms with Gasteiger partial charge in [-0.25, -0.2) is 9.18 Å². The zero-order valence-electron chi connectivity index (χ0n) is 16.2. The molecule has 0 fully saturated rings. The number of primary amides is 1. The van der Waals surface area contributed by atoms with Gasteiger partial charge in [0.1, 0.15) is 5.75 Å². The lowest BCUT2D eigenvalue weighted by Crippen LogP contribution is -2.23. The highest BCUT2D eigenvalue weighted by atomic mass is 19.1. The maximum absolute atomic E-state index is 14.5. The van der Waals surface area contributed by atoms with Crippen LogP contribution in [0, 0.1) is 5.82 Å². The number of benzene rings is 2.